The molecule has 2 aromatic carbocycles. The Morgan fingerprint density at radius 2 is 1.87 bits per heavy atom. The fourth-order valence-corrected chi connectivity index (χ4v) is 3.57. The van der Waals surface area contributed by atoms with Crippen LogP contribution in [0.1, 0.15) is 29.1 Å². The summed E-state index contributed by atoms with van der Waals surface area (Å²) in [5.74, 6) is -0.332. The molecule has 1 amide bonds. The summed E-state index contributed by atoms with van der Waals surface area (Å²) in [5, 5.41) is 0.518. The molecular weight excluding hydrogens is 309 g/mol. The number of hydrogen-bond donors (Lipinski definition) is 0. The van der Waals surface area contributed by atoms with Gasteiger partial charge in [-0.3, -0.25) is 4.79 Å². The summed E-state index contributed by atoms with van der Waals surface area (Å²) in [6, 6.07) is 16.6. The maximum absolute atomic E-state index is 13.9. The molecule has 1 heterocycles. The first-order valence-electron chi connectivity index (χ1n) is 7.59. The van der Waals surface area contributed by atoms with Crippen LogP contribution in [0.4, 0.5) is 4.39 Å². The molecule has 0 unspecified atom stereocenters. The van der Waals surface area contributed by atoms with Crippen LogP contribution in [-0.2, 0) is 6.54 Å². The van der Waals surface area contributed by atoms with E-state index in [9.17, 15) is 9.18 Å². The summed E-state index contributed by atoms with van der Waals surface area (Å²) in [5.41, 5.74) is 1.09. The van der Waals surface area contributed by atoms with E-state index in [0.717, 1.165) is 10.3 Å². The molecule has 0 N–H and O–H groups in total. The van der Waals surface area contributed by atoms with Gasteiger partial charge in [-0.15, -0.1) is 11.3 Å². The molecule has 0 saturated heterocycles. The Bertz CT molecular complexity index is 826. The summed E-state index contributed by atoms with van der Waals surface area (Å²) < 4.78 is 14.7. The van der Waals surface area contributed by atoms with E-state index in [-0.39, 0.29) is 17.8 Å². The highest BCUT2D eigenvalue weighted by Gasteiger charge is 2.21. The van der Waals surface area contributed by atoms with Gasteiger partial charge in [0, 0.05) is 22.7 Å². The van der Waals surface area contributed by atoms with Crippen LogP contribution in [-0.4, -0.2) is 16.8 Å². The third-order valence-electron chi connectivity index (χ3n) is 3.80. The quantitative estimate of drug-likeness (QED) is 0.653. The zero-order chi connectivity index (χ0) is 16.4. The molecule has 0 aliphatic heterocycles. The Balaban J connectivity index is 1.92. The summed E-state index contributed by atoms with van der Waals surface area (Å²) in [6.45, 7) is 4.54. The van der Waals surface area contributed by atoms with Gasteiger partial charge in [0.1, 0.15) is 5.82 Å². The van der Waals surface area contributed by atoms with E-state index in [1.54, 1.807) is 12.1 Å². The Morgan fingerprint density at radius 3 is 2.52 bits per heavy atom. The number of amides is 1. The summed E-state index contributed by atoms with van der Waals surface area (Å²) in [7, 11) is 0. The summed E-state index contributed by atoms with van der Waals surface area (Å²) >= 11 is 1.34. The van der Waals surface area contributed by atoms with Gasteiger partial charge in [0.25, 0.3) is 5.91 Å². The van der Waals surface area contributed by atoms with E-state index in [4.69, 9.17) is 0 Å². The van der Waals surface area contributed by atoms with Crippen molar-refractivity contribution in [2.75, 3.05) is 0 Å². The van der Waals surface area contributed by atoms with Crippen LogP contribution in [0, 0.1) is 5.82 Å². The fourth-order valence-electron chi connectivity index (χ4n) is 2.54. The maximum atomic E-state index is 13.9. The monoisotopic (exact) mass is 327 g/mol. The van der Waals surface area contributed by atoms with Crippen LogP contribution in [0.2, 0.25) is 0 Å². The lowest BCUT2D eigenvalue weighted by Gasteiger charge is -2.26. The number of rotatable bonds is 4. The molecule has 1 aromatic heterocycles. The smallest absolute Gasteiger partial charge is 0.264 e. The maximum Gasteiger partial charge on any atom is 0.264 e. The Labute approximate surface area is 139 Å². The highest BCUT2D eigenvalue weighted by molar-refractivity contribution is 7.20. The number of benzene rings is 2. The normalized spacial score (nSPS) is 11.1. The average Bonchev–Trinajstić information content (AvgIpc) is 2.98. The number of hydrogen-bond acceptors (Lipinski definition) is 2. The molecule has 0 radical (unpaired) electrons. The first-order chi connectivity index (χ1) is 11.1. The molecule has 0 bridgehead atoms. The van der Waals surface area contributed by atoms with Crippen LogP contribution in [0.3, 0.4) is 0 Å². The second-order valence-electron chi connectivity index (χ2n) is 5.77. The lowest BCUT2D eigenvalue weighted by Crippen LogP contribution is -2.35. The number of thiophene rings is 1. The highest BCUT2D eigenvalue weighted by atomic mass is 32.1. The molecule has 0 aliphatic carbocycles. The van der Waals surface area contributed by atoms with Crippen molar-refractivity contribution in [3.05, 3.63) is 70.9 Å². The molecule has 3 rings (SSSR count). The predicted molar refractivity (Wildman–Crippen MR) is 93.2 cm³/mol. The molecule has 0 atom stereocenters. The molecular formula is C19H18FNOS. The minimum atomic E-state index is -0.281. The number of nitrogens with zero attached hydrogens (tertiary/aromatic N) is 1. The van der Waals surface area contributed by atoms with Gasteiger partial charge < -0.3 is 4.90 Å². The van der Waals surface area contributed by atoms with E-state index in [0.29, 0.717) is 16.8 Å². The first kappa shape index (κ1) is 15.7. The molecule has 0 fully saturated rings. The fraction of sp³-hybridized carbons (Fsp3) is 0.211. The molecule has 118 valence electrons. The molecule has 0 saturated carbocycles. The lowest BCUT2D eigenvalue weighted by molar-refractivity contribution is 0.0695. The number of halogens is 1. The van der Waals surface area contributed by atoms with Crippen LogP contribution in [0.15, 0.2) is 54.6 Å². The van der Waals surface area contributed by atoms with Gasteiger partial charge in [0.15, 0.2) is 0 Å². The lowest BCUT2D eigenvalue weighted by atomic mass is 10.1. The van der Waals surface area contributed by atoms with Gasteiger partial charge in [0.2, 0.25) is 0 Å². The average molecular weight is 327 g/mol. The van der Waals surface area contributed by atoms with Crippen molar-refractivity contribution in [2.45, 2.75) is 26.4 Å². The van der Waals surface area contributed by atoms with Crippen LogP contribution in [0.25, 0.3) is 10.1 Å². The van der Waals surface area contributed by atoms with Crippen molar-refractivity contribution in [1.29, 1.82) is 0 Å². The zero-order valence-corrected chi connectivity index (χ0v) is 13.9. The van der Waals surface area contributed by atoms with E-state index in [2.05, 4.69) is 0 Å². The Hall–Kier alpha value is -2.20. The first-order valence-corrected chi connectivity index (χ1v) is 8.41. The van der Waals surface area contributed by atoms with Crippen LogP contribution >= 0.6 is 11.3 Å². The van der Waals surface area contributed by atoms with Gasteiger partial charge in [-0.25, -0.2) is 4.39 Å². The van der Waals surface area contributed by atoms with E-state index < -0.39 is 0 Å². The molecule has 4 heteroatoms. The van der Waals surface area contributed by atoms with Gasteiger partial charge in [-0.1, -0.05) is 36.4 Å². The number of fused-ring (bicyclic) bond motifs is 1. The third kappa shape index (κ3) is 3.27. The van der Waals surface area contributed by atoms with Crippen molar-refractivity contribution < 1.29 is 9.18 Å². The number of carbonyl (C=O) groups is 1. The van der Waals surface area contributed by atoms with Gasteiger partial charge in [0.05, 0.1) is 4.88 Å². The summed E-state index contributed by atoms with van der Waals surface area (Å²) in [4.78, 5) is 15.3. The van der Waals surface area contributed by atoms with Crippen molar-refractivity contribution in [1.82, 2.24) is 4.90 Å². The van der Waals surface area contributed by atoms with Gasteiger partial charge in [-0.05, 0) is 37.6 Å². The van der Waals surface area contributed by atoms with Crippen molar-refractivity contribution in [3.8, 4) is 0 Å². The predicted octanol–water partition coefficient (Wildman–Crippen LogP) is 5.09. The van der Waals surface area contributed by atoms with Crippen molar-refractivity contribution >= 4 is 27.3 Å². The van der Waals surface area contributed by atoms with Crippen molar-refractivity contribution in [3.63, 3.8) is 0 Å². The Kier molecular flexibility index (Phi) is 4.44. The van der Waals surface area contributed by atoms with Gasteiger partial charge in [-0.2, -0.15) is 0 Å². The largest absolute Gasteiger partial charge is 0.331 e. The topological polar surface area (TPSA) is 20.3 Å². The second-order valence-corrected chi connectivity index (χ2v) is 6.86. The van der Waals surface area contributed by atoms with Crippen LogP contribution in [0.5, 0.6) is 0 Å². The third-order valence-corrected chi connectivity index (χ3v) is 4.89. The minimum Gasteiger partial charge on any atom is -0.331 e. The molecule has 2 nitrogen and oxygen atoms in total. The number of carbonyl (C=O) groups excluding carboxylic acids is 1. The van der Waals surface area contributed by atoms with Gasteiger partial charge >= 0.3 is 0 Å². The Morgan fingerprint density at radius 1 is 1.13 bits per heavy atom. The minimum absolute atomic E-state index is 0.0514. The standard InChI is InChI=1S/C19H18FNOS/c1-13(2)21(12-14-7-4-3-5-8-14)19(22)18-11-15-16(20)9-6-10-17(15)23-18/h3-11,13H,12H2,1-2H3. The SMILES string of the molecule is CC(C)N(Cc1ccccc1)C(=O)c1cc2c(F)cccc2s1. The summed E-state index contributed by atoms with van der Waals surface area (Å²) in [6.07, 6.45) is 0. The second kappa shape index (κ2) is 6.50. The van der Waals surface area contributed by atoms with Crippen molar-refractivity contribution in [2.24, 2.45) is 0 Å². The van der Waals surface area contributed by atoms with E-state index in [1.807, 2.05) is 55.1 Å². The van der Waals surface area contributed by atoms with Crippen LogP contribution < -0.4 is 0 Å². The molecule has 3 aromatic rings. The molecule has 0 aliphatic rings. The molecule has 0 spiro atoms. The van der Waals surface area contributed by atoms with E-state index >= 15 is 0 Å². The highest BCUT2D eigenvalue weighted by Crippen LogP contribution is 2.29. The zero-order valence-electron chi connectivity index (χ0n) is 13.1. The molecule has 23 heavy (non-hydrogen) atoms. The van der Waals surface area contributed by atoms with E-state index in [1.165, 1.54) is 17.4 Å².